The molecule has 1 aromatic rings. The van der Waals surface area contributed by atoms with Crippen molar-refractivity contribution < 1.29 is 9.59 Å². The van der Waals surface area contributed by atoms with Crippen molar-refractivity contribution in [2.45, 2.75) is 6.92 Å². The number of rotatable bonds is 3. The van der Waals surface area contributed by atoms with Gasteiger partial charge in [-0.1, -0.05) is 0 Å². The van der Waals surface area contributed by atoms with E-state index in [1.54, 1.807) is 12.1 Å². The Bertz CT molecular complexity index is 352. The molecule has 0 unspecified atom stereocenters. The summed E-state index contributed by atoms with van der Waals surface area (Å²) >= 11 is 0. The molecular formula is C11H13NO2. The van der Waals surface area contributed by atoms with Crippen molar-refractivity contribution >= 4 is 17.3 Å². The van der Waals surface area contributed by atoms with Gasteiger partial charge in [-0.25, -0.2) is 0 Å². The lowest BCUT2D eigenvalue weighted by atomic mass is 10.1. The average molecular weight is 191 g/mol. The minimum Gasteiger partial charge on any atom is -0.378 e. The molecule has 0 aliphatic rings. The molecular weight excluding hydrogens is 178 g/mol. The Morgan fingerprint density at radius 1 is 1.07 bits per heavy atom. The molecule has 0 saturated heterocycles. The van der Waals surface area contributed by atoms with Gasteiger partial charge in [-0.2, -0.15) is 0 Å². The highest BCUT2D eigenvalue weighted by Gasteiger charge is 2.10. The van der Waals surface area contributed by atoms with Crippen LogP contribution in [0.3, 0.4) is 0 Å². The van der Waals surface area contributed by atoms with Crippen LogP contribution in [0, 0.1) is 0 Å². The van der Waals surface area contributed by atoms with Crippen LogP contribution in [0.2, 0.25) is 0 Å². The van der Waals surface area contributed by atoms with Crippen molar-refractivity contribution in [1.82, 2.24) is 0 Å². The van der Waals surface area contributed by atoms with Gasteiger partial charge in [-0.05, 0) is 24.3 Å². The lowest BCUT2D eigenvalue weighted by Crippen LogP contribution is -2.11. The zero-order valence-corrected chi connectivity index (χ0v) is 8.57. The number of hydrogen-bond donors (Lipinski definition) is 0. The fourth-order valence-corrected chi connectivity index (χ4v) is 1.11. The van der Waals surface area contributed by atoms with Crippen LogP contribution < -0.4 is 4.90 Å². The number of anilines is 1. The van der Waals surface area contributed by atoms with E-state index in [0.29, 0.717) is 5.56 Å². The minimum atomic E-state index is -0.435. The standard InChI is InChI=1S/C11H13NO2/c1-8(13)11(14)9-4-6-10(7-5-9)12(2)3/h4-7H,1-3H3. The Labute approximate surface area is 83.3 Å². The summed E-state index contributed by atoms with van der Waals surface area (Å²) in [5.74, 6) is -0.863. The summed E-state index contributed by atoms with van der Waals surface area (Å²) in [6.45, 7) is 1.28. The SMILES string of the molecule is CC(=O)C(=O)c1ccc(N(C)C)cc1. The van der Waals surface area contributed by atoms with Crippen LogP contribution in [-0.2, 0) is 4.79 Å². The van der Waals surface area contributed by atoms with Gasteiger partial charge in [0.25, 0.3) is 0 Å². The molecule has 3 heteroatoms. The summed E-state index contributed by atoms with van der Waals surface area (Å²) < 4.78 is 0. The van der Waals surface area contributed by atoms with Crippen LogP contribution in [0.1, 0.15) is 17.3 Å². The Morgan fingerprint density at radius 3 is 1.93 bits per heavy atom. The smallest absolute Gasteiger partial charge is 0.228 e. The van der Waals surface area contributed by atoms with Crippen molar-refractivity contribution in [1.29, 1.82) is 0 Å². The molecule has 0 radical (unpaired) electrons. The van der Waals surface area contributed by atoms with Crippen molar-refractivity contribution in [3.8, 4) is 0 Å². The average Bonchev–Trinajstić information content (AvgIpc) is 2.16. The summed E-state index contributed by atoms with van der Waals surface area (Å²) in [5.41, 5.74) is 1.45. The van der Waals surface area contributed by atoms with Gasteiger partial charge in [-0.15, -0.1) is 0 Å². The van der Waals surface area contributed by atoms with Crippen molar-refractivity contribution in [2.24, 2.45) is 0 Å². The van der Waals surface area contributed by atoms with E-state index < -0.39 is 11.6 Å². The first-order chi connectivity index (χ1) is 6.52. The maximum Gasteiger partial charge on any atom is 0.228 e. The van der Waals surface area contributed by atoms with Gasteiger partial charge < -0.3 is 4.90 Å². The van der Waals surface area contributed by atoms with Gasteiger partial charge in [0.1, 0.15) is 0 Å². The molecule has 74 valence electrons. The molecule has 0 spiro atoms. The molecule has 0 aliphatic heterocycles. The van der Waals surface area contributed by atoms with E-state index in [4.69, 9.17) is 0 Å². The molecule has 0 N–H and O–H groups in total. The quantitative estimate of drug-likeness (QED) is 0.537. The number of benzene rings is 1. The highest BCUT2D eigenvalue weighted by atomic mass is 16.2. The highest BCUT2D eigenvalue weighted by molar-refractivity contribution is 6.42. The third kappa shape index (κ3) is 2.19. The molecule has 0 atom stereocenters. The molecule has 0 amide bonds. The molecule has 14 heavy (non-hydrogen) atoms. The Balaban J connectivity index is 2.94. The van der Waals surface area contributed by atoms with E-state index >= 15 is 0 Å². The first-order valence-corrected chi connectivity index (χ1v) is 4.35. The molecule has 0 saturated carbocycles. The third-order valence-electron chi connectivity index (χ3n) is 1.97. The summed E-state index contributed by atoms with van der Waals surface area (Å²) in [6, 6.07) is 6.96. The van der Waals surface area contributed by atoms with Crippen LogP contribution in [0.25, 0.3) is 0 Å². The van der Waals surface area contributed by atoms with E-state index in [9.17, 15) is 9.59 Å². The van der Waals surface area contributed by atoms with Crippen LogP contribution in [-0.4, -0.2) is 25.7 Å². The predicted octanol–water partition coefficient (Wildman–Crippen LogP) is 1.52. The summed E-state index contributed by atoms with van der Waals surface area (Å²) in [5, 5.41) is 0. The summed E-state index contributed by atoms with van der Waals surface area (Å²) in [4.78, 5) is 24.0. The van der Waals surface area contributed by atoms with Gasteiger partial charge in [0.2, 0.25) is 5.78 Å². The van der Waals surface area contributed by atoms with Crippen LogP contribution in [0.4, 0.5) is 5.69 Å². The van der Waals surface area contributed by atoms with E-state index in [-0.39, 0.29) is 0 Å². The maximum atomic E-state index is 11.3. The van der Waals surface area contributed by atoms with Gasteiger partial charge in [0.15, 0.2) is 5.78 Å². The monoisotopic (exact) mass is 191 g/mol. The predicted molar refractivity (Wildman–Crippen MR) is 55.8 cm³/mol. The normalized spacial score (nSPS) is 9.64. The second kappa shape index (κ2) is 4.05. The molecule has 0 aliphatic carbocycles. The van der Waals surface area contributed by atoms with E-state index in [2.05, 4.69) is 0 Å². The second-order valence-corrected chi connectivity index (χ2v) is 3.33. The molecule has 3 nitrogen and oxygen atoms in total. The maximum absolute atomic E-state index is 11.3. The second-order valence-electron chi connectivity index (χ2n) is 3.33. The van der Waals surface area contributed by atoms with Crippen molar-refractivity contribution in [3.63, 3.8) is 0 Å². The largest absolute Gasteiger partial charge is 0.378 e. The number of Topliss-reactive ketones (excluding diaryl/α,β-unsaturated/α-hetero) is 2. The number of ketones is 2. The lowest BCUT2D eigenvalue weighted by molar-refractivity contribution is -0.113. The summed E-state index contributed by atoms with van der Waals surface area (Å²) in [7, 11) is 3.84. The fourth-order valence-electron chi connectivity index (χ4n) is 1.11. The van der Waals surface area contributed by atoms with E-state index in [1.165, 1.54) is 6.92 Å². The van der Waals surface area contributed by atoms with E-state index in [0.717, 1.165) is 5.69 Å². The van der Waals surface area contributed by atoms with Crippen molar-refractivity contribution in [3.05, 3.63) is 29.8 Å². The van der Waals surface area contributed by atoms with E-state index in [1.807, 2.05) is 31.1 Å². The van der Waals surface area contributed by atoms with Gasteiger partial charge in [-0.3, -0.25) is 9.59 Å². The molecule has 1 aromatic carbocycles. The molecule has 0 heterocycles. The Morgan fingerprint density at radius 2 is 1.57 bits per heavy atom. The van der Waals surface area contributed by atoms with Gasteiger partial charge in [0, 0.05) is 32.3 Å². The minimum absolute atomic E-state index is 0.428. The topological polar surface area (TPSA) is 37.4 Å². The van der Waals surface area contributed by atoms with Crippen LogP contribution in [0.5, 0.6) is 0 Å². The molecule has 0 bridgehead atoms. The van der Waals surface area contributed by atoms with Crippen LogP contribution in [0.15, 0.2) is 24.3 Å². The molecule has 0 aromatic heterocycles. The zero-order chi connectivity index (χ0) is 10.7. The highest BCUT2D eigenvalue weighted by Crippen LogP contribution is 2.12. The lowest BCUT2D eigenvalue weighted by Gasteiger charge is -2.11. The Hall–Kier alpha value is -1.64. The summed E-state index contributed by atoms with van der Waals surface area (Å²) in [6.07, 6.45) is 0. The molecule has 1 rings (SSSR count). The molecule has 0 fully saturated rings. The first-order valence-electron chi connectivity index (χ1n) is 4.35. The number of hydrogen-bond acceptors (Lipinski definition) is 3. The Kier molecular flexibility index (Phi) is 3.02. The number of nitrogens with zero attached hydrogens (tertiary/aromatic N) is 1. The zero-order valence-electron chi connectivity index (χ0n) is 8.57. The van der Waals surface area contributed by atoms with Crippen molar-refractivity contribution in [2.75, 3.05) is 19.0 Å². The first kappa shape index (κ1) is 10.4. The number of carbonyl (C=O) groups excluding carboxylic acids is 2. The third-order valence-corrected chi connectivity index (χ3v) is 1.97. The van der Waals surface area contributed by atoms with Gasteiger partial charge in [0.05, 0.1) is 0 Å². The fraction of sp³-hybridized carbons (Fsp3) is 0.273. The van der Waals surface area contributed by atoms with Crippen LogP contribution >= 0.6 is 0 Å². The number of carbonyl (C=O) groups is 2. The van der Waals surface area contributed by atoms with Gasteiger partial charge >= 0.3 is 0 Å².